The highest BCUT2D eigenvalue weighted by Crippen LogP contribution is 2.41. The van der Waals surface area contributed by atoms with Crippen LogP contribution >= 0.6 is 45.2 Å². The monoisotopic (exact) mass is 1190 g/mol. The molecule has 2 N–H and O–H groups in total. The molecule has 2 fully saturated rings. The summed E-state index contributed by atoms with van der Waals surface area (Å²) >= 11 is 4.33. The third kappa shape index (κ3) is 19.8. The predicted octanol–water partition coefficient (Wildman–Crippen LogP) is 12.8. The van der Waals surface area contributed by atoms with E-state index in [1.807, 2.05) is 83.1 Å². The normalized spacial score (nSPS) is 16.0. The van der Waals surface area contributed by atoms with E-state index in [9.17, 15) is 4.39 Å². The minimum Gasteiger partial charge on any atom is -0.405 e. The van der Waals surface area contributed by atoms with Crippen molar-refractivity contribution in [1.82, 2.24) is 20.6 Å². The highest BCUT2D eigenvalue weighted by atomic mass is 127. The summed E-state index contributed by atoms with van der Waals surface area (Å²) in [7, 11) is -0.939. The predicted molar refractivity (Wildman–Crippen MR) is 290 cm³/mol. The van der Waals surface area contributed by atoms with Gasteiger partial charge in [0.2, 0.25) is 0 Å². The lowest BCUT2D eigenvalue weighted by Gasteiger charge is -2.39. The average molecular weight is 1190 g/mol. The first kappa shape index (κ1) is 67.4. The van der Waals surface area contributed by atoms with E-state index in [2.05, 4.69) is 125 Å². The number of aliphatic hydroxyl groups is 2. The van der Waals surface area contributed by atoms with E-state index in [1.165, 1.54) is 7.69 Å². The number of rotatable bonds is 8. The maximum atomic E-state index is 9.96. The van der Waals surface area contributed by atoms with Gasteiger partial charge in [-0.2, -0.15) is 0 Å². The Morgan fingerprint density at radius 3 is 1.24 bits per heavy atom. The van der Waals surface area contributed by atoms with Crippen LogP contribution in [-0.2, 0) is 44.7 Å². The molecule has 6 rings (SSSR count). The molecule has 67 heavy (non-hydrogen) atoms. The number of hydrogen-bond donors (Lipinski definition) is 2. The Kier molecular flexibility index (Phi) is 31.1. The molecular formula is C47H88B2FI2N4O10Si. The molecule has 0 spiro atoms. The molecule has 0 atom stereocenters. The van der Waals surface area contributed by atoms with Crippen molar-refractivity contribution in [2.75, 3.05) is 7.15 Å². The molecule has 2 aliphatic rings. The number of nitrogens with zero attached hydrogens (tertiary/aromatic N) is 4. The fourth-order valence-electron chi connectivity index (χ4n) is 6.12. The van der Waals surface area contributed by atoms with Crippen LogP contribution in [0.15, 0.2) is 24.2 Å². The Balaban J connectivity index is -0.000000748. The Bertz CT molecular complexity index is 1880. The molecule has 387 valence electrons. The molecule has 4 aromatic rings. The molecule has 20 heteroatoms. The summed E-state index contributed by atoms with van der Waals surface area (Å²) in [4.78, 5) is 0. The minimum absolute atomic E-state index is 0. The first-order valence-electron chi connectivity index (χ1n) is 22.7. The van der Waals surface area contributed by atoms with Crippen LogP contribution in [0.4, 0.5) is 4.39 Å². The lowest BCUT2D eigenvalue weighted by Crippen LogP contribution is -2.41. The second-order valence-electron chi connectivity index (χ2n) is 18.8. The third-order valence-electron chi connectivity index (χ3n) is 12.7. The van der Waals surface area contributed by atoms with E-state index < -0.39 is 15.2 Å². The van der Waals surface area contributed by atoms with Crippen LogP contribution in [0.5, 0.6) is 0 Å². The Labute approximate surface area is 435 Å². The van der Waals surface area contributed by atoms with Crippen molar-refractivity contribution < 1.29 is 52.7 Å². The standard InChI is InChI=1S/C12H20BNO3.C10H24Si.C6H12BO2.C6H8INO.C5H6INO2.C5H7NO2.CH3F.2CH4/c1-7-9-10(8(2)15-14-9)13-16-11(3,4)12(5,6)17-13;1-8(2)11(7,9(3)4)10(5)6;1-5(2)6(3,4)9-7-8-5;1-3-5-6(7)4(2)9-8-5;1-3-5(6)4(2-8)7-9-3;1-4-2-5(3-7)6-8-4;1-2;;/h7H2,1-6H3;8-10H,1-7H3;1-4H3;3H2,1-2H3;8H,2H2,1H3;2,7H,3H2,1H3;1H3;2*1H4/i;;;;;;1D;;. The molecule has 0 aliphatic carbocycles. The van der Waals surface area contributed by atoms with E-state index in [1.54, 1.807) is 13.0 Å². The van der Waals surface area contributed by atoms with E-state index in [4.69, 9.17) is 43.8 Å². The number of aliphatic hydroxyl groups excluding tert-OH is 2. The summed E-state index contributed by atoms with van der Waals surface area (Å²) in [5, 5.41) is 32.0. The molecule has 4 aromatic heterocycles. The van der Waals surface area contributed by atoms with Crippen LogP contribution in [0.25, 0.3) is 0 Å². The summed E-state index contributed by atoms with van der Waals surface area (Å²) in [6.07, 6.45) is 1.77. The summed E-state index contributed by atoms with van der Waals surface area (Å²) in [5.41, 5.74) is 5.86. The van der Waals surface area contributed by atoms with Crippen molar-refractivity contribution in [3.8, 4) is 0 Å². The van der Waals surface area contributed by atoms with E-state index >= 15 is 0 Å². The van der Waals surface area contributed by atoms with Crippen molar-refractivity contribution in [1.29, 1.82) is 0 Å². The van der Waals surface area contributed by atoms with Gasteiger partial charge in [0.1, 0.15) is 34.4 Å². The minimum atomic E-state index is -1.00. The van der Waals surface area contributed by atoms with Crippen LogP contribution < -0.4 is 5.46 Å². The number of halogens is 3. The first-order chi connectivity index (χ1) is 30.3. The van der Waals surface area contributed by atoms with Gasteiger partial charge in [-0.25, -0.2) is 0 Å². The Morgan fingerprint density at radius 2 is 1.03 bits per heavy atom. The van der Waals surface area contributed by atoms with Crippen molar-refractivity contribution in [2.45, 2.75) is 225 Å². The topological polar surface area (TPSA) is 181 Å². The van der Waals surface area contributed by atoms with Crippen molar-refractivity contribution >= 4 is 73.5 Å². The van der Waals surface area contributed by atoms with Crippen molar-refractivity contribution in [2.24, 2.45) is 0 Å². The highest BCUT2D eigenvalue weighted by Gasteiger charge is 2.53. The van der Waals surface area contributed by atoms with Crippen LogP contribution in [-0.4, -0.2) is 83.3 Å². The van der Waals surface area contributed by atoms with Gasteiger partial charge >= 0.3 is 14.8 Å². The Morgan fingerprint density at radius 1 is 0.657 bits per heavy atom. The smallest absolute Gasteiger partial charge is 0.405 e. The van der Waals surface area contributed by atoms with Gasteiger partial charge in [0, 0.05) is 11.5 Å². The lowest BCUT2D eigenvalue weighted by atomic mass is 9.77. The molecular weight excluding hydrogens is 1100 g/mol. The van der Waals surface area contributed by atoms with Crippen molar-refractivity contribution in [3.05, 3.63) is 59.0 Å². The van der Waals surface area contributed by atoms with Crippen LogP contribution in [0, 0.1) is 34.8 Å². The molecule has 1 radical (unpaired) electrons. The number of aryl methyl sites for hydroxylation is 6. The van der Waals surface area contributed by atoms with Gasteiger partial charge in [0.15, 0.2) is 0 Å². The zero-order valence-electron chi connectivity index (χ0n) is 44.1. The largest absolute Gasteiger partial charge is 0.500 e. The number of hydrogen-bond acceptors (Lipinski definition) is 14. The second-order valence-corrected chi connectivity index (χ2v) is 27.2. The summed E-state index contributed by atoms with van der Waals surface area (Å²) < 4.78 is 59.6. The van der Waals surface area contributed by atoms with Crippen LogP contribution in [0.2, 0.25) is 23.2 Å². The zero-order chi connectivity index (χ0) is 51.6. The molecule has 6 heterocycles. The van der Waals surface area contributed by atoms with Gasteiger partial charge in [-0.15, -0.1) is 0 Å². The summed E-state index contributed by atoms with van der Waals surface area (Å²) in [6, 6.07) is 1.69. The van der Waals surface area contributed by atoms with Crippen molar-refractivity contribution in [3.63, 3.8) is 0 Å². The number of alkyl halides is 1. The molecule has 2 saturated heterocycles. The maximum absolute atomic E-state index is 9.96. The highest BCUT2D eigenvalue weighted by molar-refractivity contribution is 14.1. The van der Waals surface area contributed by atoms with Gasteiger partial charge in [0.05, 0.1) is 70.7 Å². The molecule has 2 aliphatic heterocycles. The van der Waals surface area contributed by atoms with E-state index in [0.29, 0.717) is 11.4 Å². The first-order valence-corrected chi connectivity index (χ1v) is 26.9. The quantitative estimate of drug-likeness (QED) is 0.126. The molecule has 14 nitrogen and oxygen atoms in total. The van der Waals surface area contributed by atoms with E-state index in [-0.39, 0.29) is 57.6 Å². The second kappa shape index (κ2) is 30.9. The summed E-state index contributed by atoms with van der Waals surface area (Å²) in [6.45, 7) is 44.6. The van der Waals surface area contributed by atoms with Gasteiger partial charge in [-0.05, 0) is 141 Å². The summed E-state index contributed by atoms with van der Waals surface area (Å²) in [5.74, 6) is 3.20. The SMILES string of the molecule is C.C.CC(C)[Si](C)(C(C)C)C(C)C.CC1(C)O[B]OC1(C)C.CCc1noc(C)c1B1OC(C)(C)C(C)(C)O1.CCc1noc(C)c1I.Cc1cc(CO)no1.Cc1onc(CO)c1I.[2H]CF. The average Bonchev–Trinajstić information content (AvgIpc) is 4.07. The van der Waals surface area contributed by atoms with Crippen LogP contribution in [0.1, 0.15) is 173 Å². The molecule has 0 bridgehead atoms. The molecule has 0 saturated carbocycles. The van der Waals surface area contributed by atoms with Crippen LogP contribution in [0.3, 0.4) is 0 Å². The zero-order valence-corrected chi connectivity index (χ0v) is 48.4. The molecule has 0 amide bonds. The molecule has 0 unspecified atom stereocenters. The fraction of sp³-hybridized carbons (Fsp3) is 0.745. The Hall–Kier alpha value is -1.66. The van der Waals surface area contributed by atoms with Gasteiger partial charge in [-0.1, -0.05) is 114 Å². The van der Waals surface area contributed by atoms with Gasteiger partial charge < -0.3 is 46.9 Å². The van der Waals surface area contributed by atoms with Gasteiger partial charge in [0.25, 0.3) is 0 Å². The molecule has 0 aromatic carbocycles. The van der Waals surface area contributed by atoms with Gasteiger partial charge in [-0.3, -0.25) is 4.39 Å². The lowest BCUT2D eigenvalue weighted by molar-refractivity contribution is 0.00578. The fourth-order valence-corrected chi connectivity index (χ4v) is 11.1. The number of aromatic nitrogens is 4. The third-order valence-corrected chi connectivity index (χ3v) is 22.9. The van der Waals surface area contributed by atoms with E-state index in [0.717, 1.165) is 76.5 Å². The maximum Gasteiger partial charge on any atom is 0.500 e.